The second-order valence-corrected chi connectivity index (χ2v) is 7.33. The molecule has 0 atom stereocenters. The molecular weight excluding hydrogens is 358 g/mol. The minimum atomic E-state index is -0.253. The van der Waals surface area contributed by atoms with Gasteiger partial charge in [-0.25, -0.2) is 4.98 Å². The summed E-state index contributed by atoms with van der Waals surface area (Å²) >= 11 is 0. The summed E-state index contributed by atoms with van der Waals surface area (Å²) in [6.07, 6.45) is 4.36. The Morgan fingerprint density at radius 3 is 2.71 bits per heavy atom. The summed E-state index contributed by atoms with van der Waals surface area (Å²) in [5.74, 6) is 0.773. The van der Waals surface area contributed by atoms with Crippen molar-refractivity contribution in [3.8, 4) is 0 Å². The van der Waals surface area contributed by atoms with Crippen LogP contribution in [-0.2, 0) is 19.5 Å². The van der Waals surface area contributed by atoms with Crippen LogP contribution in [0.2, 0.25) is 0 Å². The van der Waals surface area contributed by atoms with Gasteiger partial charge in [0.25, 0.3) is 11.8 Å². The number of nitrogens with one attached hydrogen (secondary N) is 1. The molecule has 1 fully saturated rings. The molecule has 150 valence electrons. The molecule has 2 aromatic rings. The Balaban J connectivity index is 1.53. The second-order valence-electron chi connectivity index (χ2n) is 7.33. The summed E-state index contributed by atoms with van der Waals surface area (Å²) in [5, 5.41) is 2.86. The number of amides is 2. The third-order valence-corrected chi connectivity index (χ3v) is 5.63. The van der Waals surface area contributed by atoms with Crippen molar-refractivity contribution in [1.82, 2.24) is 24.7 Å². The third-order valence-electron chi connectivity index (χ3n) is 5.63. The van der Waals surface area contributed by atoms with E-state index in [4.69, 9.17) is 4.42 Å². The molecule has 1 saturated heterocycles. The molecule has 2 aromatic heterocycles. The number of fused-ring (bicyclic) bond motifs is 1. The molecule has 0 unspecified atom stereocenters. The highest BCUT2D eigenvalue weighted by Crippen LogP contribution is 2.22. The van der Waals surface area contributed by atoms with Crippen LogP contribution in [0.5, 0.6) is 0 Å². The van der Waals surface area contributed by atoms with Crippen LogP contribution in [0.1, 0.15) is 52.3 Å². The Kier molecular flexibility index (Phi) is 5.47. The molecule has 0 spiro atoms. The van der Waals surface area contributed by atoms with E-state index in [1.807, 2.05) is 15.5 Å². The molecule has 8 heteroatoms. The first-order valence-electron chi connectivity index (χ1n) is 10.1. The summed E-state index contributed by atoms with van der Waals surface area (Å²) < 4.78 is 7.23. The highest BCUT2D eigenvalue weighted by atomic mass is 16.3. The predicted octanol–water partition coefficient (Wildman–Crippen LogP) is 1.52. The van der Waals surface area contributed by atoms with Crippen LogP contribution >= 0.6 is 0 Å². The second kappa shape index (κ2) is 8.18. The fraction of sp³-hybridized carbons (Fsp3) is 0.550. The molecule has 0 aromatic carbocycles. The van der Waals surface area contributed by atoms with Crippen LogP contribution in [0.15, 0.2) is 22.8 Å². The fourth-order valence-corrected chi connectivity index (χ4v) is 3.96. The van der Waals surface area contributed by atoms with Crippen molar-refractivity contribution in [3.05, 3.63) is 41.4 Å². The van der Waals surface area contributed by atoms with Gasteiger partial charge in [-0.15, -0.1) is 0 Å². The van der Waals surface area contributed by atoms with Gasteiger partial charge in [0.15, 0.2) is 5.82 Å². The lowest BCUT2D eigenvalue weighted by Gasteiger charge is -2.34. The van der Waals surface area contributed by atoms with E-state index in [2.05, 4.69) is 22.1 Å². The average molecular weight is 385 g/mol. The van der Waals surface area contributed by atoms with Gasteiger partial charge in [0, 0.05) is 32.7 Å². The van der Waals surface area contributed by atoms with Gasteiger partial charge in [-0.3, -0.25) is 9.59 Å². The maximum atomic E-state index is 13.1. The molecule has 2 aliphatic heterocycles. The van der Waals surface area contributed by atoms with Crippen molar-refractivity contribution in [3.63, 3.8) is 0 Å². The molecule has 28 heavy (non-hydrogen) atoms. The fourth-order valence-electron chi connectivity index (χ4n) is 3.96. The molecule has 2 amide bonds. The first kappa shape index (κ1) is 18.7. The quantitative estimate of drug-likeness (QED) is 0.844. The molecule has 0 aliphatic carbocycles. The van der Waals surface area contributed by atoms with Gasteiger partial charge < -0.3 is 24.1 Å². The van der Waals surface area contributed by atoms with Gasteiger partial charge in [0.2, 0.25) is 0 Å². The highest BCUT2D eigenvalue weighted by molar-refractivity contribution is 5.97. The highest BCUT2D eigenvalue weighted by Gasteiger charge is 2.31. The Labute approximate surface area is 164 Å². The number of likely N-dealkylation sites (N-methyl/N-ethyl adjacent to an activating group) is 1. The smallest absolute Gasteiger partial charge is 0.289 e. The van der Waals surface area contributed by atoms with E-state index in [1.165, 1.54) is 0 Å². The lowest BCUT2D eigenvalue weighted by Crippen LogP contribution is -2.49. The Morgan fingerprint density at radius 2 is 2.00 bits per heavy atom. The molecule has 4 rings (SSSR count). The van der Waals surface area contributed by atoms with E-state index >= 15 is 0 Å². The van der Waals surface area contributed by atoms with Crippen molar-refractivity contribution in [1.29, 1.82) is 0 Å². The molecule has 0 saturated carbocycles. The molecule has 8 nitrogen and oxygen atoms in total. The van der Waals surface area contributed by atoms with Crippen LogP contribution in [0, 0.1) is 0 Å². The number of hydrogen-bond donors (Lipinski definition) is 1. The number of piperazine rings is 1. The minimum Gasteiger partial charge on any atom is -0.467 e. The van der Waals surface area contributed by atoms with Crippen LogP contribution < -0.4 is 5.32 Å². The van der Waals surface area contributed by atoms with Gasteiger partial charge in [0.1, 0.15) is 11.5 Å². The van der Waals surface area contributed by atoms with Crippen molar-refractivity contribution in [2.75, 3.05) is 32.7 Å². The Bertz CT molecular complexity index is 834. The third kappa shape index (κ3) is 3.69. The number of furan rings is 1. The molecular formula is C20H27N5O3. The number of hydrogen-bond acceptors (Lipinski definition) is 5. The average Bonchev–Trinajstić information content (AvgIpc) is 3.39. The van der Waals surface area contributed by atoms with Crippen LogP contribution in [0.25, 0.3) is 0 Å². The van der Waals surface area contributed by atoms with Gasteiger partial charge in [-0.05, 0) is 37.9 Å². The summed E-state index contributed by atoms with van der Waals surface area (Å²) in [7, 11) is 0. The van der Waals surface area contributed by atoms with Gasteiger partial charge >= 0.3 is 0 Å². The predicted molar refractivity (Wildman–Crippen MR) is 103 cm³/mol. The zero-order valence-electron chi connectivity index (χ0n) is 16.3. The van der Waals surface area contributed by atoms with E-state index in [0.29, 0.717) is 36.9 Å². The monoisotopic (exact) mass is 385 g/mol. The minimum absolute atomic E-state index is 0.0658. The van der Waals surface area contributed by atoms with E-state index in [9.17, 15) is 9.59 Å². The summed E-state index contributed by atoms with van der Waals surface area (Å²) in [5.41, 5.74) is 1.25. The standard InChI is InChI=1S/C20H27N5O3/c1-2-23-9-11-24(12-10-23)20(27)18-22-17(16-7-3-4-8-25(16)18)19(26)21-14-15-6-5-13-28-15/h5-6,13H,2-4,7-12,14H2,1H3,(H,21,26). The van der Waals surface area contributed by atoms with E-state index in [-0.39, 0.29) is 11.8 Å². The van der Waals surface area contributed by atoms with Crippen molar-refractivity contribution in [2.45, 2.75) is 39.3 Å². The van der Waals surface area contributed by atoms with E-state index in [0.717, 1.165) is 51.1 Å². The van der Waals surface area contributed by atoms with Crippen LogP contribution in [-0.4, -0.2) is 63.9 Å². The molecule has 0 radical (unpaired) electrons. The lowest BCUT2D eigenvalue weighted by molar-refractivity contribution is 0.0625. The number of carbonyl (C=O) groups is 2. The first-order chi connectivity index (χ1) is 13.7. The zero-order chi connectivity index (χ0) is 19.5. The molecule has 0 bridgehead atoms. The summed E-state index contributed by atoms with van der Waals surface area (Å²) in [6, 6.07) is 3.60. The maximum absolute atomic E-state index is 13.1. The van der Waals surface area contributed by atoms with Crippen molar-refractivity contribution >= 4 is 11.8 Å². The van der Waals surface area contributed by atoms with E-state index in [1.54, 1.807) is 12.3 Å². The van der Waals surface area contributed by atoms with Gasteiger partial charge in [-0.1, -0.05) is 6.92 Å². The van der Waals surface area contributed by atoms with Crippen LogP contribution in [0.3, 0.4) is 0 Å². The molecule has 2 aliphatic rings. The van der Waals surface area contributed by atoms with Crippen molar-refractivity contribution < 1.29 is 14.0 Å². The maximum Gasteiger partial charge on any atom is 0.289 e. The Hall–Kier alpha value is -2.61. The molecule has 4 heterocycles. The van der Waals surface area contributed by atoms with Gasteiger partial charge in [0.05, 0.1) is 18.5 Å². The number of rotatable bonds is 5. The lowest BCUT2D eigenvalue weighted by atomic mass is 10.1. The first-order valence-corrected chi connectivity index (χ1v) is 10.1. The number of nitrogens with zero attached hydrogens (tertiary/aromatic N) is 4. The van der Waals surface area contributed by atoms with Crippen molar-refractivity contribution in [2.24, 2.45) is 0 Å². The van der Waals surface area contributed by atoms with E-state index < -0.39 is 0 Å². The normalized spacial score (nSPS) is 17.4. The zero-order valence-corrected chi connectivity index (χ0v) is 16.3. The SMILES string of the molecule is CCN1CCN(C(=O)c2nc(C(=O)NCc3ccco3)c3n2CCCC3)CC1. The number of imidazole rings is 1. The topological polar surface area (TPSA) is 83.6 Å². The van der Waals surface area contributed by atoms with Crippen LogP contribution in [0.4, 0.5) is 0 Å². The van der Waals surface area contributed by atoms with Gasteiger partial charge in [-0.2, -0.15) is 0 Å². The Morgan fingerprint density at radius 1 is 1.18 bits per heavy atom. The summed E-state index contributed by atoms with van der Waals surface area (Å²) in [4.78, 5) is 34.6. The number of carbonyl (C=O) groups excluding carboxylic acids is 2. The number of aromatic nitrogens is 2. The largest absolute Gasteiger partial charge is 0.467 e. The summed E-state index contributed by atoms with van der Waals surface area (Å²) in [6.45, 7) is 7.35. The molecule has 1 N–H and O–H groups in total.